The fraction of sp³-hybridized carbons (Fsp3) is 0.368. The summed E-state index contributed by atoms with van der Waals surface area (Å²) in [6.07, 6.45) is 4.84. The molecule has 110 valence electrons. The maximum Gasteiger partial charge on any atom is 0.0406 e. The first-order valence-corrected chi connectivity index (χ1v) is 8.15. The normalized spacial score (nSPS) is 19.0. The van der Waals surface area contributed by atoms with Crippen molar-refractivity contribution in [2.24, 2.45) is 0 Å². The van der Waals surface area contributed by atoms with Crippen molar-refractivity contribution in [3.63, 3.8) is 0 Å². The van der Waals surface area contributed by atoms with Gasteiger partial charge in [0.05, 0.1) is 0 Å². The lowest BCUT2D eigenvalue weighted by molar-refractivity contribution is 0.411. The smallest absolute Gasteiger partial charge is 0.0406 e. The Labute approximate surface area is 132 Å². The van der Waals surface area contributed by atoms with Crippen molar-refractivity contribution in [2.45, 2.75) is 37.6 Å². The number of rotatable bonds is 4. The fourth-order valence-electron chi connectivity index (χ4n) is 3.53. The minimum Gasteiger partial charge on any atom is -0.316 e. The van der Waals surface area contributed by atoms with Crippen molar-refractivity contribution in [1.29, 1.82) is 0 Å². The van der Waals surface area contributed by atoms with Gasteiger partial charge in [0.1, 0.15) is 0 Å². The van der Waals surface area contributed by atoms with E-state index in [1.54, 1.807) is 0 Å². The van der Waals surface area contributed by atoms with Crippen LogP contribution in [0.1, 0.15) is 35.4 Å². The van der Waals surface area contributed by atoms with E-state index in [0.29, 0.717) is 12.0 Å². The molecule has 2 atom stereocenters. The van der Waals surface area contributed by atoms with E-state index >= 15 is 0 Å². The van der Waals surface area contributed by atoms with Crippen LogP contribution in [0.3, 0.4) is 0 Å². The molecule has 2 heteroatoms. The molecule has 0 fully saturated rings. The van der Waals surface area contributed by atoms with Crippen molar-refractivity contribution in [3.8, 4) is 0 Å². The summed E-state index contributed by atoms with van der Waals surface area (Å²) in [5, 5.41) is 4.35. The molecule has 1 aliphatic carbocycles. The molecule has 0 radical (unpaired) electrons. The van der Waals surface area contributed by atoms with Gasteiger partial charge in [-0.25, -0.2) is 0 Å². The van der Waals surface area contributed by atoms with Gasteiger partial charge in [-0.3, -0.25) is 0 Å². The highest BCUT2D eigenvalue weighted by atomic mass is 35.5. The lowest BCUT2D eigenvalue weighted by atomic mass is 9.77. The number of aryl methyl sites for hydroxylation is 1. The summed E-state index contributed by atoms with van der Waals surface area (Å²) in [7, 11) is 2.08. The molecule has 2 aromatic rings. The Hall–Kier alpha value is -1.31. The maximum absolute atomic E-state index is 5.98. The van der Waals surface area contributed by atoms with Gasteiger partial charge in [0.15, 0.2) is 0 Å². The summed E-state index contributed by atoms with van der Waals surface area (Å²) in [6, 6.07) is 17.7. The minimum atomic E-state index is 0.479. The molecule has 0 saturated carbocycles. The molecule has 3 rings (SSSR count). The van der Waals surface area contributed by atoms with E-state index in [1.165, 1.54) is 36.0 Å². The molecule has 0 aromatic heterocycles. The van der Waals surface area contributed by atoms with Crippen LogP contribution < -0.4 is 5.32 Å². The Morgan fingerprint density at radius 1 is 1.14 bits per heavy atom. The molecule has 2 unspecified atom stereocenters. The van der Waals surface area contributed by atoms with E-state index in [4.69, 9.17) is 11.6 Å². The number of halogens is 1. The number of benzene rings is 2. The summed E-state index contributed by atoms with van der Waals surface area (Å²) < 4.78 is 0. The molecular formula is C19H22ClN. The van der Waals surface area contributed by atoms with Crippen LogP contribution in [0.15, 0.2) is 48.5 Å². The molecule has 0 saturated heterocycles. The van der Waals surface area contributed by atoms with Crippen LogP contribution >= 0.6 is 11.6 Å². The Kier molecular flexibility index (Phi) is 4.62. The van der Waals surface area contributed by atoms with Gasteiger partial charge in [-0.05, 0) is 67.5 Å². The SMILES string of the molecule is CNC(Cc1ccc(Cl)cc1)C1CCCc2ccccc21. The molecular weight excluding hydrogens is 278 g/mol. The highest BCUT2D eigenvalue weighted by molar-refractivity contribution is 6.30. The quantitative estimate of drug-likeness (QED) is 0.870. The summed E-state index contributed by atoms with van der Waals surface area (Å²) in [6.45, 7) is 0. The Bertz CT molecular complexity index is 591. The molecule has 1 N–H and O–H groups in total. The Morgan fingerprint density at radius 2 is 1.90 bits per heavy atom. The van der Waals surface area contributed by atoms with Crippen LogP contribution in [0.4, 0.5) is 0 Å². The summed E-state index contributed by atoms with van der Waals surface area (Å²) in [5.41, 5.74) is 4.42. The Morgan fingerprint density at radius 3 is 2.67 bits per heavy atom. The zero-order chi connectivity index (χ0) is 14.7. The predicted octanol–water partition coefficient (Wildman–Crippen LogP) is 4.59. The van der Waals surface area contributed by atoms with Crippen molar-refractivity contribution in [1.82, 2.24) is 5.32 Å². The predicted molar refractivity (Wildman–Crippen MR) is 90.1 cm³/mol. The first kappa shape index (κ1) is 14.6. The van der Waals surface area contributed by atoms with Crippen LogP contribution in [0, 0.1) is 0 Å². The molecule has 0 aliphatic heterocycles. The van der Waals surface area contributed by atoms with E-state index in [9.17, 15) is 0 Å². The molecule has 21 heavy (non-hydrogen) atoms. The zero-order valence-corrected chi connectivity index (χ0v) is 13.2. The van der Waals surface area contributed by atoms with Crippen molar-refractivity contribution < 1.29 is 0 Å². The molecule has 0 spiro atoms. The first-order valence-electron chi connectivity index (χ1n) is 7.77. The van der Waals surface area contributed by atoms with Crippen molar-refractivity contribution >= 4 is 11.6 Å². The highest BCUT2D eigenvalue weighted by Gasteiger charge is 2.26. The average Bonchev–Trinajstić information content (AvgIpc) is 2.54. The van der Waals surface area contributed by atoms with Crippen LogP contribution in [0.5, 0.6) is 0 Å². The van der Waals surface area contributed by atoms with E-state index in [0.717, 1.165) is 11.4 Å². The third kappa shape index (κ3) is 3.30. The fourth-order valence-corrected chi connectivity index (χ4v) is 3.66. The van der Waals surface area contributed by atoms with Crippen LogP contribution in [-0.2, 0) is 12.8 Å². The van der Waals surface area contributed by atoms with Gasteiger partial charge in [-0.2, -0.15) is 0 Å². The van der Waals surface area contributed by atoms with E-state index in [-0.39, 0.29) is 0 Å². The second-order valence-electron chi connectivity index (χ2n) is 5.92. The molecule has 2 aromatic carbocycles. The van der Waals surface area contributed by atoms with Gasteiger partial charge in [0.25, 0.3) is 0 Å². The van der Waals surface area contributed by atoms with Gasteiger partial charge in [-0.1, -0.05) is 48.0 Å². The third-order valence-electron chi connectivity index (χ3n) is 4.64. The molecule has 0 amide bonds. The third-order valence-corrected chi connectivity index (χ3v) is 4.89. The summed E-state index contributed by atoms with van der Waals surface area (Å²) in [4.78, 5) is 0. The van der Waals surface area contributed by atoms with E-state index in [2.05, 4.69) is 48.8 Å². The number of fused-ring (bicyclic) bond motifs is 1. The number of nitrogens with one attached hydrogen (secondary N) is 1. The largest absolute Gasteiger partial charge is 0.316 e. The van der Waals surface area contributed by atoms with Crippen molar-refractivity contribution in [3.05, 3.63) is 70.2 Å². The Balaban J connectivity index is 1.82. The molecule has 1 nitrogen and oxygen atoms in total. The number of hydrogen-bond donors (Lipinski definition) is 1. The van der Waals surface area contributed by atoms with Gasteiger partial charge in [0, 0.05) is 11.1 Å². The summed E-state index contributed by atoms with van der Waals surface area (Å²) in [5.74, 6) is 0.607. The molecule has 0 bridgehead atoms. The average molecular weight is 300 g/mol. The first-order chi connectivity index (χ1) is 10.3. The zero-order valence-electron chi connectivity index (χ0n) is 12.5. The van der Waals surface area contributed by atoms with Gasteiger partial charge in [-0.15, -0.1) is 0 Å². The van der Waals surface area contributed by atoms with Crippen molar-refractivity contribution in [2.75, 3.05) is 7.05 Å². The molecule has 0 heterocycles. The van der Waals surface area contributed by atoms with Crippen LogP contribution in [0.2, 0.25) is 5.02 Å². The van der Waals surface area contributed by atoms with Gasteiger partial charge in [0.2, 0.25) is 0 Å². The maximum atomic E-state index is 5.98. The van der Waals surface area contributed by atoms with E-state index in [1.807, 2.05) is 12.1 Å². The van der Waals surface area contributed by atoms with Crippen LogP contribution in [-0.4, -0.2) is 13.1 Å². The lowest BCUT2D eigenvalue weighted by Crippen LogP contribution is -2.36. The topological polar surface area (TPSA) is 12.0 Å². The van der Waals surface area contributed by atoms with Gasteiger partial charge < -0.3 is 5.32 Å². The number of hydrogen-bond acceptors (Lipinski definition) is 1. The summed E-state index contributed by atoms with van der Waals surface area (Å²) >= 11 is 5.98. The number of likely N-dealkylation sites (N-methyl/N-ethyl adjacent to an activating group) is 1. The second-order valence-corrected chi connectivity index (χ2v) is 6.36. The molecule has 1 aliphatic rings. The monoisotopic (exact) mass is 299 g/mol. The minimum absolute atomic E-state index is 0.479. The van der Waals surface area contributed by atoms with Crippen LogP contribution in [0.25, 0.3) is 0 Å². The standard InChI is InChI=1S/C19H22ClN/c1-21-19(13-14-9-11-16(20)12-10-14)18-8-4-6-15-5-2-3-7-17(15)18/h2-3,5,7,9-12,18-19,21H,4,6,8,13H2,1H3. The second kappa shape index (κ2) is 6.64. The lowest BCUT2D eigenvalue weighted by Gasteiger charge is -2.32. The van der Waals surface area contributed by atoms with E-state index < -0.39 is 0 Å². The highest BCUT2D eigenvalue weighted by Crippen LogP contribution is 2.34. The van der Waals surface area contributed by atoms with Gasteiger partial charge >= 0.3 is 0 Å².